The molecule has 0 spiro atoms. The van der Waals surface area contributed by atoms with E-state index in [4.69, 9.17) is 5.21 Å². The third-order valence-corrected chi connectivity index (χ3v) is 3.65. The molecule has 0 aliphatic rings. The molecule has 1 atom stereocenters. The summed E-state index contributed by atoms with van der Waals surface area (Å²) in [5.74, 6) is -0.163. The van der Waals surface area contributed by atoms with Crippen molar-refractivity contribution in [3.8, 4) is 0 Å². The molecule has 1 aromatic rings. The number of amides is 1. The lowest BCUT2D eigenvalue weighted by molar-refractivity contribution is 0.0706. The van der Waals surface area contributed by atoms with E-state index < -0.39 is 5.91 Å². The number of hydrogen-bond acceptors (Lipinski definition) is 4. The fraction of sp³-hybridized carbons (Fsp3) is 0.421. The van der Waals surface area contributed by atoms with Gasteiger partial charge in [0.2, 0.25) is 0 Å². The molecule has 5 nitrogen and oxygen atoms in total. The van der Waals surface area contributed by atoms with Crippen LogP contribution in [0.3, 0.4) is 0 Å². The molecule has 0 radical (unpaired) electrons. The molecule has 1 aromatic carbocycles. The fourth-order valence-corrected chi connectivity index (χ4v) is 2.14. The lowest BCUT2D eigenvalue weighted by Gasteiger charge is -2.06. The summed E-state index contributed by atoms with van der Waals surface area (Å²) in [6.45, 7) is 6.48. The topological polar surface area (TPSA) is 78.8 Å². The van der Waals surface area contributed by atoms with Gasteiger partial charge in [-0.1, -0.05) is 30.7 Å². The van der Waals surface area contributed by atoms with Gasteiger partial charge in [0.1, 0.15) is 6.54 Å². The van der Waals surface area contributed by atoms with E-state index in [1.165, 1.54) is 17.7 Å². The standard InChI is InChI=1S/C19H26N2O3/c1-14(2)5-4-6-15(3)11-12-20-13-18(22)16-7-9-17(10-8-16)19(23)21-24/h5,7-10,12,15,24H,4,6,11,13H2,1-3H3,(H,21,23)/t15-/m0/s1. The van der Waals surface area contributed by atoms with Crippen LogP contribution in [-0.4, -0.2) is 29.7 Å². The van der Waals surface area contributed by atoms with E-state index in [-0.39, 0.29) is 12.3 Å². The highest BCUT2D eigenvalue weighted by Crippen LogP contribution is 2.10. The highest BCUT2D eigenvalue weighted by Gasteiger charge is 2.07. The first-order chi connectivity index (χ1) is 11.4. The van der Waals surface area contributed by atoms with E-state index in [2.05, 4.69) is 31.8 Å². The van der Waals surface area contributed by atoms with Crippen molar-refractivity contribution in [3.63, 3.8) is 0 Å². The Bertz CT molecular complexity index is 600. The first kappa shape index (κ1) is 19.8. The summed E-state index contributed by atoms with van der Waals surface area (Å²) in [5.41, 5.74) is 3.68. The highest BCUT2D eigenvalue weighted by molar-refractivity contribution is 6.00. The number of Topliss-reactive ketones (excluding diaryl/α,β-unsaturated/α-hetero) is 1. The number of rotatable bonds is 9. The van der Waals surface area contributed by atoms with Crippen LogP contribution in [0.5, 0.6) is 0 Å². The molecule has 0 aromatic heterocycles. The molecule has 130 valence electrons. The number of ketones is 1. The molecular formula is C19H26N2O3. The normalized spacial score (nSPS) is 12.0. The Hall–Kier alpha value is -2.27. The van der Waals surface area contributed by atoms with E-state index in [1.54, 1.807) is 17.6 Å². The third kappa shape index (κ3) is 7.33. The van der Waals surface area contributed by atoms with Crippen molar-refractivity contribution in [2.75, 3.05) is 6.54 Å². The second-order valence-electron chi connectivity index (χ2n) is 6.16. The Morgan fingerprint density at radius 3 is 2.42 bits per heavy atom. The summed E-state index contributed by atoms with van der Waals surface area (Å²) in [5, 5.41) is 8.55. The first-order valence-electron chi connectivity index (χ1n) is 8.13. The number of nitrogens with one attached hydrogen (secondary N) is 1. The maximum Gasteiger partial charge on any atom is 0.274 e. The Kier molecular flexibility index (Phi) is 8.65. The summed E-state index contributed by atoms with van der Waals surface area (Å²) < 4.78 is 0. The van der Waals surface area contributed by atoms with E-state index in [1.807, 2.05) is 6.21 Å². The maximum atomic E-state index is 12.0. The summed E-state index contributed by atoms with van der Waals surface area (Å²) in [4.78, 5) is 27.4. The Morgan fingerprint density at radius 2 is 1.83 bits per heavy atom. The van der Waals surface area contributed by atoms with Crippen molar-refractivity contribution in [3.05, 3.63) is 47.0 Å². The smallest absolute Gasteiger partial charge is 0.274 e. The summed E-state index contributed by atoms with van der Waals surface area (Å²) in [6, 6.07) is 6.11. The van der Waals surface area contributed by atoms with Crippen LogP contribution in [0.2, 0.25) is 0 Å². The maximum absolute atomic E-state index is 12.0. The summed E-state index contributed by atoms with van der Waals surface area (Å²) in [6.07, 6.45) is 7.10. The van der Waals surface area contributed by atoms with Crippen LogP contribution in [0.15, 0.2) is 40.9 Å². The van der Waals surface area contributed by atoms with Crippen LogP contribution in [0, 0.1) is 5.92 Å². The van der Waals surface area contributed by atoms with Gasteiger partial charge in [-0.3, -0.25) is 19.8 Å². The third-order valence-electron chi connectivity index (χ3n) is 3.65. The molecule has 0 saturated carbocycles. The van der Waals surface area contributed by atoms with Crippen LogP contribution in [-0.2, 0) is 0 Å². The van der Waals surface area contributed by atoms with Gasteiger partial charge < -0.3 is 0 Å². The predicted molar refractivity (Wildman–Crippen MR) is 95.8 cm³/mol. The molecule has 0 saturated heterocycles. The summed E-state index contributed by atoms with van der Waals surface area (Å²) in [7, 11) is 0. The second kappa shape index (κ2) is 10.5. The fourth-order valence-electron chi connectivity index (χ4n) is 2.14. The lowest BCUT2D eigenvalue weighted by atomic mass is 10.0. The van der Waals surface area contributed by atoms with Gasteiger partial charge in [0.25, 0.3) is 5.91 Å². The zero-order valence-electron chi connectivity index (χ0n) is 14.6. The van der Waals surface area contributed by atoms with Gasteiger partial charge >= 0.3 is 0 Å². The minimum Gasteiger partial charge on any atom is -0.292 e. The number of aliphatic imine (C=N–C) groups is 1. The Morgan fingerprint density at radius 1 is 1.21 bits per heavy atom. The number of hydrogen-bond donors (Lipinski definition) is 2. The van der Waals surface area contributed by atoms with Gasteiger partial charge in [-0.2, -0.15) is 0 Å². The number of hydroxylamine groups is 1. The van der Waals surface area contributed by atoms with Gasteiger partial charge in [0.05, 0.1) is 0 Å². The summed E-state index contributed by atoms with van der Waals surface area (Å²) >= 11 is 0. The Balaban J connectivity index is 2.40. The molecule has 0 unspecified atom stereocenters. The molecule has 5 heteroatoms. The minimum absolute atomic E-state index is 0.0978. The zero-order chi connectivity index (χ0) is 17.9. The number of allylic oxidation sites excluding steroid dienone is 2. The lowest BCUT2D eigenvalue weighted by Crippen LogP contribution is -2.18. The zero-order valence-corrected chi connectivity index (χ0v) is 14.6. The molecule has 0 aliphatic heterocycles. The number of nitrogens with zero attached hydrogens (tertiary/aromatic N) is 1. The van der Waals surface area contributed by atoms with E-state index in [0.29, 0.717) is 17.0 Å². The molecule has 0 fully saturated rings. The van der Waals surface area contributed by atoms with Crippen molar-refractivity contribution in [2.24, 2.45) is 10.9 Å². The van der Waals surface area contributed by atoms with Crippen molar-refractivity contribution >= 4 is 17.9 Å². The van der Waals surface area contributed by atoms with E-state index in [9.17, 15) is 9.59 Å². The van der Waals surface area contributed by atoms with Crippen molar-refractivity contribution < 1.29 is 14.8 Å². The van der Waals surface area contributed by atoms with E-state index in [0.717, 1.165) is 19.3 Å². The van der Waals surface area contributed by atoms with Crippen LogP contribution >= 0.6 is 0 Å². The van der Waals surface area contributed by atoms with Gasteiger partial charge in [0, 0.05) is 11.1 Å². The molecular weight excluding hydrogens is 304 g/mol. The quantitative estimate of drug-likeness (QED) is 0.237. The molecule has 0 heterocycles. The number of benzene rings is 1. The van der Waals surface area contributed by atoms with Crippen LogP contribution in [0.4, 0.5) is 0 Å². The second-order valence-corrected chi connectivity index (χ2v) is 6.16. The minimum atomic E-state index is -0.603. The van der Waals surface area contributed by atoms with Crippen molar-refractivity contribution in [1.82, 2.24) is 5.48 Å². The van der Waals surface area contributed by atoms with Crippen LogP contribution in [0.1, 0.15) is 60.7 Å². The van der Waals surface area contributed by atoms with Gasteiger partial charge in [-0.25, -0.2) is 5.48 Å². The largest absolute Gasteiger partial charge is 0.292 e. The number of carbonyl (C=O) groups is 2. The van der Waals surface area contributed by atoms with Crippen LogP contribution < -0.4 is 5.48 Å². The Labute approximate surface area is 143 Å². The van der Waals surface area contributed by atoms with Crippen molar-refractivity contribution in [2.45, 2.75) is 40.0 Å². The van der Waals surface area contributed by atoms with Gasteiger partial charge in [-0.05, 0) is 57.4 Å². The molecule has 0 bridgehead atoms. The van der Waals surface area contributed by atoms with Crippen LogP contribution in [0.25, 0.3) is 0 Å². The van der Waals surface area contributed by atoms with E-state index >= 15 is 0 Å². The molecule has 24 heavy (non-hydrogen) atoms. The highest BCUT2D eigenvalue weighted by atomic mass is 16.5. The molecule has 1 amide bonds. The van der Waals surface area contributed by atoms with Gasteiger partial charge in [0.15, 0.2) is 5.78 Å². The monoisotopic (exact) mass is 330 g/mol. The van der Waals surface area contributed by atoms with Crippen molar-refractivity contribution in [1.29, 1.82) is 0 Å². The molecule has 0 aliphatic carbocycles. The SMILES string of the molecule is CC(C)=CCC[C@H](C)CC=NCC(=O)c1ccc(C(=O)NO)cc1. The molecule has 2 N–H and O–H groups in total. The average Bonchev–Trinajstić information content (AvgIpc) is 2.57. The average molecular weight is 330 g/mol. The first-order valence-corrected chi connectivity index (χ1v) is 8.13. The molecule has 1 rings (SSSR count). The predicted octanol–water partition coefficient (Wildman–Crippen LogP) is 3.83. The van der Waals surface area contributed by atoms with Gasteiger partial charge in [-0.15, -0.1) is 0 Å². The number of carbonyl (C=O) groups excluding carboxylic acids is 2.